The van der Waals surface area contributed by atoms with Gasteiger partial charge >= 0.3 is 0 Å². The number of nitrogens with one attached hydrogen (secondary N) is 2. The molecule has 184 valence electrons. The van der Waals surface area contributed by atoms with Crippen molar-refractivity contribution in [1.29, 1.82) is 0 Å². The molecule has 3 N–H and O–H groups in total. The van der Waals surface area contributed by atoms with E-state index in [-0.39, 0.29) is 36.2 Å². The van der Waals surface area contributed by atoms with E-state index < -0.39 is 12.0 Å². The summed E-state index contributed by atoms with van der Waals surface area (Å²) in [6.07, 6.45) is 7.68. The number of carbonyl (C=O) groups is 1. The monoisotopic (exact) mass is 484 g/mol. The van der Waals surface area contributed by atoms with Crippen LogP contribution in [0, 0.1) is 0 Å². The van der Waals surface area contributed by atoms with Crippen LogP contribution < -0.4 is 15.5 Å². The first kappa shape index (κ1) is 21.0. The molecule has 2 bridgehead atoms. The standard InChI is InChI=1S/C28H28N4O4/c1-28-25(35-3)15(29-2)12-18(36-28)31-16-10-6-4-8-13(16)19-21-22(27(34)30-26(21)33)20-14-9-5-7-11-17(14)32(28)24(20)23(19)31/h4-11,14-15,17-18,25,27,29,34H,12H2,1-3H3,(H,30,33)/t14?,15-,17?,18?,25-,27-,28?/m1/s1. The molecule has 5 aliphatic rings. The van der Waals surface area contributed by atoms with Crippen molar-refractivity contribution in [3.8, 4) is 0 Å². The van der Waals surface area contributed by atoms with Gasteiger partial charge in [0.15, 0.2) is 12.0 Å². The van der Waals surface area contributed by atoms with Gasteiger partial charge in [0.25, 0.3) is 5.91 Å². The van der Waals surface area contributed by atoms with Gasteiger partial charge in [-0.2, -0.15) is 0 Å². The van der Waals surface area contributed by atoms with Crippen LogP contribution in [0.3, 0.4) is 0 Å². The van der Waals surface area contributed by atoms with Gasteiger partial charge in [-0.1, -0.05) is 42.5 Å². The van der Waals surface area contributed by atoms with Crippen molar-refractivity contribution in [2.75, 3.05) is 19.1 Å². The zero-order valence-corrected chi connectivity index (χ0v) is 20.4. The summed E-state index contributed by atoms with van der Waals surface area (Å²) in [5.41, 5.74) is 4.56. The maximum Gasteiger partial charge on any atom is 0.254 e. The fourth-order valence-corrected chi connectivity index (χ4v) is 7.83. The molecule has 8 heteroatoms. The van der Waals surface area contributed by atoms with Crippen molar-refractivity contribution in [3.63, 3.8) is 0 Å². The Hall–Kier alpha value is -3.17. The number of methoxy groups -OCH3 is 1. The Balaban J connectivity index is 1.61. The van der Waals surface area contributed by atoms with E-state index in [0.717, 1.165) is 39.5 Å². The fourth-order valence-electron chi connectivity index (χ4n) is 7.83. The first-order valence-electron chi connectivity index (χ1n) is 12.6. The van der Waals surface area contributed by atoms with E-state index in [2.05, 4.69) is 63.5 Å². The summed E-state index contributed by atoms with van der Waals surface area (Å²) < 4.78 is 15.5. The molecule has 7 atom stereocenters. The summed E-state index contributed by atoms with van der Waals surface area (Å²) in [5, 5.41) is 19.4. The third-order valence-corrected chi connectivity index (χ3v) is 9.06. The molecule has 0 spiro atoms. The molecular weight excluding hydrogens is 456 g/mol. The number of likely N-dealkylation sites (N-methyl/N-ethyl adjacent to an activating group) is 1. The molecule has 1 aliphatic carbocycles. The van der Waals surface area contributed by atoms with Gasteiger partial charge in [0.1, 0.15) is 12.3 Å². The second kappa shape index (κ2) is 6.77. The number of allylic oxidation sites excluding steroid dienone is 2. The van der Waals surface area contributed by atoms with E-state index in [1.165, 1.54) is 0 Å². The summed E-state index contributed by atoms with van der Waals surface area (Å²) in [6.45, 7) is 2.13. The predicted molar refractivity (Wildman–Crippen MR) is 136 cm³/mol. The van der Waals surface area contributed by atoms with Crippen LogP contribution >= 0.6 is 0 Å². The van der Waals surface area contributed by atoms with E-state index in [1.807, 2.05) is 19.2 Å². The van der Waals surface area contributed by atoms with Crippen LogP contribution in [0.5, 0.6) is 0 Å². The largest absolute Gasteiger partial charge is 0.375 e. The minimum absolute atomic E-state index is 0.0265. The highest BCUT2D eigenvalue weighted by Gasteiger charge is 2.60. The van der Waals surface area contributed by atoms with Gasteiger partial charge in [-0.3, -0.25) is 4.79 Å². The van der Waals surface area contributed by atoms with Crippen molar-refractivity contribution in [2.24, 2.45) is 0 Å². The number of fused-ring (bicyclic) bond motifs is 13. The van der Waals surface area contributed by atoms with Crippen LogP contribution in [0.4, 0.5) is 5.69 Å². The lowest BCUT2D eigenvalue weighted by Gasteiger charge is -2.53. The molecule has 0 saturated carbocycles. The summed E-state index contributed by atoms with van der Waals surface area (Å²) >= 11 is 0. The number of nitrogens with zero attached hydrogens (tertiary/aromatic N) is 2. The maximum atomic E-state index is 13.4. The molecule has 0 radical (unpaired) electrons. The minimum atomic E-state index is -1.05. The maximum absolute atomic E-state index is 13.4. The lowest BCUT2D eigenvalue weighted by Crippen LogP contribution is -2.67. The molecule has 1 amide bonds. The van der Waals surface area contributed by atoms with Gasteiger partial charge in [-0.05, 0) is 25.6 Å². The van der Waals surface area contributed by atoms with Crippen LogP contribution in [-0.4, -0.2) is 53.7 Å². The molecule has 36 heavy (non-hydrogen) atoms. The van der Waals surface area contributed by atoms with Crippen molar-refractivity contribution in [2.45, 2.75) is 55.6 Å². The number of para-hydroxylation sites is 1. The Morgan fingerprint density at radius 1 is 1.22 bits per heavy atom. The Morgan fingerprint density at radius 3 is 2.83 bits per heavy atom. The number of aromatic nitrogens is 1. The molecular formula is C28H28N4O4. The van der Waals surface area contributed by atoms with Gasteiger partial charge in [-0.25, -0.2) is 0 Å². The number of anilines is 1. The van der Waals surface area contributed by atoms with Gasteiger partial charge in [-0.15, -0.1) is 0 Å². The molecule has 8 nitrogen and oxygen atoms in total. The number of benzene rings is 2. The van der Waals surface area contributed by atoms with Crippen LogP contribution in [0.25, 0.3) is 21.8 Å². The second-order valence-electron chi connectivity index (χ2n) is 10.6. The van der Waals surface area contributed by atoms with E-state index in [4.69, 9.17) is 9.47 Å². The van der Waals surface area contributed by atoms with E-state index in [1.54, 1.807) is 7.11 Å². The first-order chi connectivity index (χ1) is 17.5. The molecule has 5 heterocycles. The highest BCUT2D eigenvalue weighted by molar-refractivity contribution is 6.24. The highest BCUT2D eigenvalue weighted by atomic mass is 16.6. The smallest absolute Gasteiger partial charge is 0.254 e. The normalized spacial score (nSPS) is 35.3. The molecule has 2 aromatic carbocycles. The van der Waals surface area contributed by atoms with Crippen molar-refractivity contribution >= 4 is 33.4 Å². The van der Waals surface area contributed by atoms with Crippen LogP contribution in [-0.2, 0) is 9.47 Å². The average Bonchev–Trinajstić information content (AvgIpc) is 3.48. The van der Waals surface area contributed by atoms with Crippen molar-refractivity contribution < 1.29 is 19.4 Å². The number of carbonyl (C=O) groups excluding carboxylic acids is 1. The highest BCUT2D eigenvalue weighted by Crippen LogP contribution is 2.60. The molecule has 3 aromatic rings. The number of hydrogen-bond donors (Lipinski definition) is 3. The SMILES string of the molecule is CN[C@@H]1CC2OC(C)([C@@H]1OC)N1c3c(c4c(c5c6ccccc6n2c35)C(=O)N[C@@H]4O)C2C=CC=CC21. The third-order valence-electron chi connectivity index (χ3n) is 9.06. The Morgan fingerprint density at radius 2 is 2.03 bits per heavy atom. The topological polar surface area (TPSA) is 88.0 Å². The average molecular weight is 485 g/mol. The number of hydrogen-bond acceptors (Lipinski definition) is 6. The van der Waals surface area contributed by atoms with E-state index >= 15 is 0 Å². The number of aliphatic hydroxyl groups is 1. The Labute approximate surface area is 208 Å². The lowest BCUT2D eigenvalue weighted by molar-refractivity contribution is -0.219. The fraction of sp³-hybridized carbons (Fsp3) is 0.393. The first-order valence-corrected chi connectivity index (χ1v) is 12.6. The van der Waals surface area contributed by atoms with Gasteiger partial charge in [0.2, 0.25) is 0 Å². The van der Waals surface area contributed by atoms with Crippen LogP contribution in [0.1, 0.15) is 53.2 Å². The van der Waals surface area contributed by atoms with Crippen LogP contribution in [0.15, 0.2) is 48.6 Å². The number of aliphatic hydroxyl groups excluding tert-OH is 1. The van der Waals surface area contributed by atoms with Gasteiger partial charge in [0, 0.05) is 41.8 Å². The van der Waals surface area contributed by atoms with Gasteiger partial charge in [0.05, 0.1) is 28.3 Å². The summed E-state index contributed by atoms with van der Waals surface area (Å²) in [5.74, 6) is -0.253. The molecule has 8 rings (SSSR count). The Bertz CT molecular complexity index is 1560. The Kier molecular flexibility index (Phi) is 3.95. The third kappa shape index (κ3) is 2.19. The number of amides is 1. The zero-order chi connectivity index (χ0) is 24.5. The quantitative estimate of drug-likeness (QED) is 0.518. The molecule has 1 aromatic heterocycles. The second-order valence-corrected chi connectivity index (χ2v) is 10.6. The summed E-state index contributed by atoms with van der Waals surface area (Å²) in [7, 11) is 3.73. The lowest BCUT2D eigenvalue weighted by atomic mass is 9.85. The van der Waals surface area contributed by atoms with Crippen molar-refractivity contribution in [1.82, 2.24) is 15.2 Å². The van der Waals surface area contributed by atoms with E-state index in [9.17, 15) is 9.90 Å². The minimum Gasteiger partial charge on any atom is -0.375 e. The number of rotatable bonds is 2. The van der Waals surface area contributed by atoms with E-state index in [0.29, 0.717) is 11.1 Å². The van der Waals surface area contributed by atoms with Crippen molar-refractivity contribution in [3.05, 3.63) is 65.3 Å². The summed E-state index contributed by atoms with van der Waals surface area (Å²) in [4.78, 5) is 15.8. The molecule has 4 aliphatic heterocycles. The summed E-state index contributed by atoms with van der Waals surface area (Å²) in [6, 6.07) is 8.23. The predicted octanol–water partition coefficient (Wildman–Crippen LogP) is 3.18. The molecule has 1 saturated heterocycles. The van der Waals surface area contributed by atoms with Crippen LogP contribution in [0.2, 0.25) is 0 Å². The molecule has 1 fully saturated rings. The molecule has 4 unspecified atom stereocenters. The number of ether oxygens (including phenoxy) is 2. The van der Waals surface area contributed by atoms with Gasteiger partial charge < -0.3 is 34.7 Å². The zero-order valence-electron chi connectivity index (χ0n) is 20.4.